The highest BCUT2D eigenvalue weighted by atomic mass is 19.1. The Labute approximate surface area is 194 Å². The number of hydrogen-bond acceptors (Lipinski definition) is 4. The summed E-state index contributed by atoms with van der Waals surface area (Å²) in [5.74, 6) is 0.809. The summed E-state index contributed by atoms with van der Waals surface area (Å²) in [7, 11) is 0. The minimum absolute atomic E-state index is 0.116. The number of benzene rings is 2. The first-order valence-corrected chi connectivity index (χ1v) is 11.7. The Balaban J connectivity index is 1.65. The third-order valence-electron chi connectivity index (χ3n) is 6.22. The summed E-state index contributed by atoms with van der Waals surface area (Å²) in [5.41, 5.74) is 2.33. The summed E-state index contributed by atoms with van der Waals surface area (Å²) in [4.78, 5) is 30.4. The largest absolute Gasteiger partial charge is 0.493 e. The van der Waals surface area contributed by atoms with Gasteiger partial charge in [0.2, 0.25) is 0 Å². The van der Waals surface area contributed by atoms with E-state index in [9.17, 15) is 14.0 Å². The predicted octanol–water partition coefficient (Wildman–Crippen LogP) is 4.87. The zero-order valence-electron chi connectivity index (χ0n) is 19.5. The van der Waals surface area contributed by atoms with Gasteiger partial charge >= 0.3 is 0 Å². The predicted molar refractivity (Wildman–Crippen MR) is 126 cm³/mol. The summed E-state index contributed by atoms with van der Waals surface area (Å²) in [5, 5.41) is 0. The highest BCUT2D eigenvalue weighted by Gasteiger charge is 2.42. The average Bonchev–Trinajstić information content (AvgIpc) is 3.05. The molecule has 0 N–H and O–H groups in total. The van der Waals surface area contributed by atoms with Crippen LogP contribution >= 0.6 is 0 Å². The van der Waals surface area contributed by atoms with Crippen LogP contribution in [0.25, 0.3) is 5.57 Å². The fourth-order valence-electron chi connectivity index (χ4n) is 4.25. The van der Waals surface area contributed by atoms with Crippen LogP contribution in [0.4, 0.5) is 4.39 Å². The lowest BCUT2D eigenvalue weighted by atomic mass is 9.97. The Morgan fingerprint density at radius 2 is 1.61 bits per heavy atom. The van der Waals surface area contributed by atoms with E-state index in [1.54, 1.807) is 12.1 Å². The number of likely N-dealkylation sites (tertiary alicyclic amines) is 1. The molecule has 2 amide bonds. The maximum Gasteiger partial charge on any atom is 0.278 e. The van der Waals surface area contributed by atoms with E-state index in [1.807, 2.05) is 24.3 Å². The van der Waals surface area contributed by atoms with Gasteiger partial charge in [-0.05, 0) is 60.1 Å². The molecule has 2 aromatic carbocycles. The second-order valence-corrected chi connectivity index (χ2v) is 9.45. The lowest BCUT2D eigenvalue weighted by Gasteiger charge is -2.32. The molecule has 0 saturated carbocycles. The molecule has 0 aliphatic carbocycles. The molecule has 6 heteroatoms. The van der Waals surface area contributed by atoms with E-state index in [4.69, 9.17) is 4.74 Å². The molecule has 0 spiro atoms. The number of nitrogens with zero attached hydrogens (tertiary/aromatic N) is 2. The molecule has 2 aliphatic heterocycles. The maximum atomic E-state index is 13.5. The van der Waals surface area contributed by atoms with Gasteiger partial charge in [-0.2, -0.15) is 0 Å². The Morgan fingerprint density at radius 1 is 0.970 bits per heavy atom. The lowest BCUT2D eigenvalue weighted by Crippen LogP contribution is -2.38. The monoisotopic (exact) mass is 450 g/mol. The topological polar surface area (TPSA) is 49.9 Å². The molecule has 2 aromatic rings. The molecule has 2 aliphatic rings. The number of amides is 2. The number of piperidine rings is 1. The molecule has 1 fully saturated rings. The second-order valence-electron chi connectivity index (χ2n) is 9.45. The van der Waals surface area contributed by atoms with Gasteiger partial charge in [-0.1, -0.05) is 45.0 Å². The summed E-state index contributed by atoms with van der Waals surface area (Å²) in [6, 6.07) is 13.3. The van der Waals surface area contributed by atoms with Crippen molar-refractivity contribution in [2.45, 2.75) is 40.2 Å². The van der Waals surface area contributed by atoms with Crippen molar-refractivity contribution in [1.29, 1.82) is 0 Å². The Hall–Kier alpha value is -3.15. The molecule has 174 valence electrons. The molecule has 5 nitrogen and oxygen atoms in total. The van der Waals surface area contributed by atoms with Crippen LogP contribution in [0.5, 0.6) is 5.75 Å². The summed E-state index contributed by atoms with van der Waals surface area (Å²) in [6.45, 7) is 8.61. The number of halogens is 1. The van der Waals surface area contributed by atoms with Crippen LogP contribution in [0.3, 0.4) is 0 Å². The fourth-order valence-corrected chi connectivity index (χ4v) is 4.25. The van der Waals surface area contributed by atoms with Crippen molar-refractivity contribution >= 4 is 17.4 Å². The third-order valence-corrected chi connectivity index (χ3v) is 6.22. The van der Waals surface area contributed by atoms with Gasteiger partial charge in [0.1, 0.15) is 17.3 Å². The van der Waals surface area contributed by atoms with Crippen LogP contribution in [-0.4, -0.2) is 41.3 Å². The zero-order valence-corrected chi connectivity index (χ0v) is 19.5. The second kappa shape index (κ2) is 9.77. The van der Waals surface area contributed by atoms with Gasteiger partial charge in [0, 0.05) is 13.1 Å². The molecule has 2 heterocycles. The highest BCUT2D eigenvalue weighted by Crippen LogP contribution is 2.35. The minimum atomic E-state index is -0.348. The first-order valence-electron chi connectivity index (χ1n) is 11.7. The quantitative estimate of drug-likeness (QED) is 0.565. The van der Waals surface area contributed by atoms with Gasteiger partial charge in [0.15, 0.2) is 0 Å². The van der Waals surface area contributed by atoms with Crippen LogP contribution in [-0.2, 0) is 16.1 Å². The SMILES string of the molecule is CC(C)COc1ccc(C2=C(N3CCC(C)CC3)C(=O)N(Cc3ccc(F)cc3)C2=O)cc1. The summed E-state index contributed by atoms with van der Waals surface area (Å²) < 4.78 is 19.1. The van der Waals surface area contributed by atoms with E-state index in [-0.39, 0.29) is 24.2 Å². The highest BCUT2D eigenvalue weighted by molar-refractivity contribution is 6.35. The van der Waals surface area contributed by atoms with Crippen molar-refractivity contribution in [2.24, 2.45) is 11.8 Å². The molecule has 4 rings (SSSR count). The smallest absolute Gasteiger partial charge is 0.278 e. The van der Waals surface area contributed by atoms with Gasteiger partial charge in [-0.3, -0.25) is 14.5 Å². The molecule has 0 aromatic heterocycles. The fraction of sp³-hybridized carbons (Fsp3) is 0.407. The van der Waals surface area contributed by atoms with Crippen molar-refractivity contribution in [3.05, 3.63) is 71.2 Å². The van der Waals surface area contributed by atoms with E-state index < -0.39 is 0 Å². The Kier molecular flexibility index (Phi) is 6.82. The van der Waals surface area contributed by atoms with Crippen molar-refractivity contribution in [2.75, 3.05) is 19.7 Å². The van der Waals surface area contributed by atoms with Crippen molar-refractivity contribution in [3.63, 3.8) is 0 Å². The first kappa shape index (κ1) is 23.0. The molecule has 0 radical (unpaired) electrons. The van der Waals surface area contributed by atoms with E-state index in [0.717, 1.165) is 31.7 Å². The zero-order chi connectivity index (χ0) is 23.5. The number of carbonyl (C=O) groups is 2. The summed E-state index contributed by atoms with van der Waals surface area (Å²) in [6.07, 6.45) is 1.97. The molecule has 0 unspecified atom stereocenters. The molecule has 0 atom stereocenters. The van der Waals surface area contributed by atoms with E-state index in [2.05, 4.69) is 25.7 Å². The normalized spacial score (nSPS) is 17.5. The van der Waals surface area contributed by atoms with Crippen molar-refractivity contribution < 1.29 is 18.7 Å². The average molecular weight is 451 g/mol. The number of hydrogen-bond donors (Lipinski definition) is 0. The maximum absolute atomic E-state index is 13.5. The molecule has 33 heavy (non-hydrogen) atoms. The third kappa shape index (κ3) is 5.10. The Morgan fingerprint density at radius 3 is 2.21 bits per heavy atom. The van der Waals surface area contributed by atoms with E-state index in [0.29, 0.717) is 40.8 Å². The first-order chi connectivity index (χ1) is 15.8. The summed E-state index contributed by atoms with van der Waals surface area (Å²) >= 11 is 0. The Bertz CT molecular complexity index is 1040. The van der Waals surface area contributed by atoms with Gasteiger partial charge in [-0.25, -0.2) is 4.39 Å². The van der Waals surface area contributed by atoms with Crippen molar-refractivity contribution in [3.8, 4) is 5.75 Å². The number of ether oxygens (including phenoxy) is 1. The minimum Gasteiger partial charge on any atom is -0.493 e. The van der Waals surface area contributed by atoms with Crippen LogP contribution in [0, 0.1) is 17.7 Å². The van der Waals surface area contributed by atoms with Crippen LogP contribution in [0.1, 0.15) is 44.7 Å². The molecular weight excluding hydrogens is 419 g/mol. The van der Waals surface area contributed by atoms with Crippen LogP contribution < -0.4 is 4.74 Å². The molecule has 1 saturated heterocycles. The lowest BCUT2D eigenvalue weighted by molar-refractivity contribution is -0.138. The van der Waals surface area contributed by atoms with Gasteiger partial charge in [0.05, 0.1) is 18.7 Å². The van der Waals surface area contributed by atoms with E-state index >= 15 is 0 Å². The van der Waals surface area contributed by atoms with Crippen LogP contribution in [0.2, 0.25) is 0 Å². The number of imide groups is 1. The number of carbonyl (C=O) groups excluding carboxylic acids is 2. The van der Waals surface area contributed by atoms with Crippen LogP contribution in [0.15, 0.2) is 54.2 Å². The standard InChI is InChI=1S/C27H31FN2O3/c1-18(2)17-33-23-10-6-21(7-11-23)24-25(29-14-12-19(3)13-15-29)27(32)30(26(24)31)16-20-4-8-22(28)9-5-20/h4-11,18-19H,12-17H2,1-3H3. The van der Waals surface area contributed by atoms with Gasteiger partial charge < -0.3 is 9.64 Å². The van der Waals surface area contributed by atoms with Crippen molar-refractivity contribution in [1.82, 2.24) is 9.80 Å². The number of rotatable bonds is 7. The molecule has 0 bridgehead atoms. The van der Waals surface area contributed by atoms with E-state index in [1.165, 1.54) is 17.0 Å². The van der Waals surface area contributed by atoms with Gasteiger partial charge in [-0.15, -0.1) is 0 Å². The van der Waals surface area contributed by atoms with Gasteiger partial charge in [0.25, 0.3) is 11.8 Å². The molecular formula is C27H31FN2O3.